The molecule has 0 spiro atoms. The van der Waals surface area contributed by atoms with E-state index < -0.39 is 27.1 Å². The minimum absolute atomic E-state index is 0.259. The number of piperidine rings is 1. The largest absolute Gasteiger partial charge is 0.315 e. The molecule has 0 aliphatic carbocycles. The molecule has 96 valence electrons. The molecule has 2 heterocycles. The van der Waals surface area contributed by atoms with Crippen molar-refractivity contribution in [1.29, 1.82) is 0 Å². The third-order valence-corrected chi connectivity index (χ3v) is 5.17. The summed E-state index contributed by atoms with van der Waals surface area (Å²) in [5, 5.41) is 4.56. The minimum Gasteiger partial charge on any atom is -0.315 e. The number of sulfonamides is 1. The van der Waals surface area contributed by atoms with E-state index in [9.17, 15) is 18.0 Å². The fourth-order valence-corrected chi connectivity index (χ4v) is 3.88. The van der Waals surface area contributed by atoms with Crippen LogP contribution in [-0.2, 0) is 19.6 Å². The fourth-order valence-electron chi connectivity index (χ4n) is 2.08. The van der Waals surface area contributed by atoms with Crippen LogP contribution in [0.1, 0.15) is 12.8 Å². The molecule has 0 aromatic rings. The van der Waals surface area contributed by atoms with Crippen molar-refractivity contribution in [2.24, 2.45) is 0 Å². The molecule has 0 bridgehead atoms. The van der Waals surface area contributed by atoms with Gasteiger partial charge in [0.05, 0.1) is 18.3 Å². The highest BCUT2D eigenvalue weighted by atomic mass is 32.2. The smallest absolute Gasteiger partial charge is 0.241 e. The number of piperazine rings is 1. The summed E-state index contributed by atoms with van der Waals surface area (Å²) in [6.07, 6.45) is 1.36. The molecule has 2 N–H and O–H groups in total. The number of amides is 2. The Kier molecular flexibility index (Phi) is 3.45. The fraction of sp³-hybridized carbons (Fsp3) is 0.778. The highest BCUT2D eigenvalue weighted by Gasteiger charge is 2.37. The van der Waals surface area contributed by atoms with Crippen molar-refractivity contribution in [3.8, 4) is 0 Å². The van der Waals surface area contributed by atoms with E-state index in [1.807, 2.05) is 0 Å². The van der Waals surface area contributed by atoms with Gasteiger partial charge < -0.3 is 5.32 Å². The van der Waals surface area contributed by atoms with Crippen LogP contribution in [0.2, 0.25) is 0 Å². The number of hydrogen-bond acceptors (Lipinski definition) is 5. The molecule has 1 atom stereocenters. The lowest BCUT2D eigenvalue weighted by Crippen LogP contribution is -2.56. The lowest BCUT2D eigenvalue weighted by atomic mass is 10.2. The van der Waals surface area contributed by atoms with Gasteiger partial charge in [0.15, 0.2) is 0 Å². The van der Waals surface area contributed by atoms with E-state index in [1.165, 1.54) is 0 Å². The Morgan fingerprint density at radius 1 is 1.18 bits per heavy atom. The van der Waals surface area contributed by atoms with Gasteiger partial charge in [0, 0.05) is 6.54 Å². The van der Waals surface area contributed by atoms with Crippen LogP contribution >= 0.6 is 0 Å². The molecule has 0 radical (unpaired) electrons. The molecule has 17 heavy (non-hydrogen) atoms. The van der Waals surface area contributed by atoms with Crippen LogP contribution < -0.4 is 10.6 Å². The zero-order valence-corrected chi connectivity index (χ0v) is 10.1. The van der Waals surface area contributed by atoms with Gasteiger partial charge in [-0.3, -0.25) is 14.9 Å². The van der Waals surface area contributed by atoms with E-state index in [1.54, 1.807) is 0 Å². The molecule has 2 fully saturated rings. The van der Waals surface area contributed by atoms with Crippen molar-refractivity contribution in [3.05, 3.63) is 0 Å². The summed E-state index contributed by atoms with van der Waals surface area (Å²) in [6.45, 7) is 0.676. The number of hydrogen-bond donors (Lipinski definition) is 2. The molecule has 2 saturated heterocycles. The van der Waals surface area contributed by atoms with Crippen LogP contribution in [0.5, 0.6) is 0 Å². The first-order chi connectivity index (χ1) is 8.00. The van der Waals surface area contributed by atoms with E-state index >= 15 is 0 Å². The molecular weight excluding hydrogens is 246 g/mol. The average Bonchev–Trinajstić information content (AvgIpc) is 2.29. The number of imide groups is 1. The molecular formula is C9H15N3O4S. The highest BCUT2D eigenvalue weighted by Crippen LogP contribution is 2.17. The van der Waals surface area contributed by atoms with E-state index in [0.717, 1.165) is 17.3 Å². The van der Waals surface area contributed by atoms with Crippen molar-refractivity contribution >= 4 is 21.8 Å². The van der Waals surface area contributed by atoms with Gasteiger partial charge in [0.25, 0.3) is 0 Å². The van der Waals surface area contributed by atoms with Gasteiger partial charge >= 0.3 is 0 Å². The molecule has 2 amide bonds. The summed E-state index contributed by atoms with van der Waals surface area (Å²) in [5.41, 5.74) is 0. The number of nitrogens with one attached hydrogen (secondary N) is 2. The van der Waals surface area contributed by atoms with Crippen LogP contribution in [-0.4, -0.2) is 56.0 Å². The van der Waals surface area contributed by atoms with Gasteiger partial charge in [-0.2, -0.15) is 4.31 Å². The summed E-state index contributed by atoms with van der Waals surface area (Å²) >= 11 is 0. The molecule has 2 aliphatic heterocycles. The first-order valence-electron chi connectivity index (χ1n) is 5.52. The molecule has 8 heteroatoms. The van der Waals surface area contributed by atoms with Crippen molar-refractivity contribution in [3.63, 3.8) is 0 Å². The number of nitrogens with zero attached hydrogens (tertiary/aromatic N) is 1. The standard InChI is InChI=1S/C9H15N3O4S/c13-8-5-12(6-9(14)11-8)17(15,16)7-2-1-3-10-4-7/h7,10H,1-6H2,(H,11,13,14). The van der Waals surface area contributed by atoms with Crippen molar-refractivity contribution in [1.82, 2.24) is 14.9 Å². The first kappa shape index (κ1) is 12.5. The van der Waals surface area contributed by atoms with Crippen LogP contribution in [0.25, 0.3) is 0 Å². The van der Waals surface area contributed by atoms with Gasteiger partial charge in [-0.05, 0) is 19.4 Å². The molecule has 0 aromatic heterocycles. The second-order valence-corrected chi connectivity index (χ2v) is 6.47. The molecule has 7 nitrogen and oxygen atoms in total. The van der Waals surface area contributed by atoms with Gasteiger partial charge in [0.2, 0.25) is 21.8 Å². The SMILES string of the molecule is O=C1CN(S(=O)(=O)C2CCCNC2)CC(=O)N1. The van der Waals surface area contributed by atoms with E-state index in [2.05, 4.69) is 10.6 Å². The Bertz CT molecular complexity index is 412. The Hall–Kier alpha value is -0.990. The van der Waals surface area contributed by atoms with Crippen molar-refractivity contribution in [2.75, 3.05) is 26.2 Å². The van der Waals surface area contributed by atoms with Gasteiger partial charge in [-0.25, -0.2) is 8.42 Å². The van der Waals surface area contributed by atoms with E-state index in [-0.39, 0.29) is 13.1 Å². The molecule has 2 aliphatic rings. The Morgan fingerprint density at radius 2 is 1.82 bits per heavy atom. The maximum atomic E-state index is 12.2. The van der Waals surface area contributed by atoms with Gasteiger partial charge in [0.1, 0.15) is 0 Å². The van der Waals surface area contributed by atoms with Crippen molar-refractivity contribution < 1.29 is 18.0 Å². The third-order valence-electron chi connectivity index (χ3n) is 2.95. The second kappa shape index (κ2) is 4.71. The predicted octanol–water partition coefficient (Wildman–Crippen LogP) is -1.97. The van der Waals surface area contributed by atoms with Crippen LogP contribution in [0.3, 0.4) is 0 Å². The van der Waals surface area contributed by atoms with Gasteiger partial charge in [-0.1, -0.05) is 0 Å². The monoisotopic (exact) mass is 261 g/mol. The Balaban J connectivity index is 2.13. The molecule has 0 aromatic carbocycles. The lowest BCUT2D eigenvalue weighted by molar-refractivity contribution is -0.134. The zero-order chi connectivity index (χ0) is 12.5. The van der Waals surface area contributed by atoms with E-state index in [0.29, 0.717) is 13.0 Å². The molecule has 2 rings (SSSR count). The number of carbonyl (C=O) groups is 2. The Labute approximate surface area is 99.6 Å². The number of carbonyl (C=O) groups excluding carboxylic acids is 2. The normalized spacial score (nSPS) is 27.9. The lowest BCUT2D eigenvalue weighted by Gasteiger charge is -2.31. The predicted molar refractivity (Wildman–Crippen MR) is 59.5 cm³/mol. The number of rotatable bonds is 2. The quantitative estimate of drug-likeness (QED) is 0.562. The highest BCUT2D eigenvalue weighted by molar-refractivity contribution is 7.89. The molecule has 0 saturated carbocycles. The van der Waals surface area contributed by atoms with Crippen molar-refractivity contribution in [2.45, 2.75) is 18.1 Å². The van der Waals surface area contributed by atoms with E-state index in [4.69, 9.17) is 0 Å². The Morgan fingerprint density at radius 3 is 2.35 bits per heavy atom. The summed E-state index contributed by atoms with van der Waals surface area (Å²) in [5.74, 6) is -1.12. The second-order valence-electron chi connectivity index (χ2n) is 4.25. The average molecular weight is 261 g/mol. The van der Waals surface area contributed by atoms with Crippen LogP contribution in [0, 0.1) is 0 Å². The summed E-state index contributed by atoms with van der Waals surface area (Å²) in [6, 6.07) is 0. The third kappa shape index (κ3) is 2.64. The summed E-state index contributed by atoms with van der Waals surface area (Å²) < 4.78 is 25.3. The minimum atomic E-state index is -3.56. The van der Waals surface area contributed by atoms with Gasteiger partial charge in [-0.15, -0.1) is 0 Å². The van der Waals surface area contributed by atoms with Crippen LogP contribution in [0.15, 0.2) is 0 Å². The van der Waals surface area contributed by atoms with Crippen LogP contribution in [0.4, 0.5) is 0 Å². The maximum Gasteiger partial charge on any atom is 0.241 e. The zero-order valence-electron chi connectivity index (χ0n) is 9.31. The topological polar surface area (TPSA) is 95.6 Å². The summed E-state index contributed by atoms with van der Waals surface area (Å²) in [4.78, 5) is 22.3. The molecule has 1 unspecified atom stereocenters. The summed E-state index contributed by atoms with van der Waals surface area (Å²) in [7, 11) is -3.56. The first-order valence-corrected chi connectivity index (χ1v) is 7.03. The maximum absolute atomic E-state index is 12.2.